The zero-order chi connectivity index (χ0) is 9.14. The number of rotatable bonds is 2. The van der Waals surface area contributed by atoms with Crippen LogP contribution in [0.15, 0.2) is 12.1 Å². The largest absolute Gasteiger partial charge is 0.496 e. The maximum atomic E-state index is 12.6. The van der Waals surface area contributed by atoms with Crippen LogP contribution in [0.1, 0.15) is 5.56 Å². The quantitative estimate of drug-likeness (QED) is 0.704. The first kappa shape index (κ1) is 9.32. The van der Waals surface area contributed by atoms with Gasteiger partial charge in [-0.05, 0) is 6.07 Å². The molecule has 4 heteroatoms. The zero-order valence-electron chi connectivity index (χ0n) is 6.47. The van der Waals surface area contributed by atoms with E-state index in [4.69, 9.17) is 4.74 Å². The molecule has 0 spiro atoms. The van der Waals surface area contributed by atoms with Crippen LogP contribution in [0.5, 0.6) is 5.75 Å². The minimum atomic E-state index is -0.905. The van der Waals surface area contributed by atoms with Crippen molar-refractivity contribution in [2.24, 2.45) is 0 Å². The van der Waals surface area contributed by atoms with Crippen LogP contribution in [0.2, 0.25) is 0 Å². The van der Waals surface area contributed by atoms with E-state index in [1.165, 1.54) is 7.11 Å². The summed E-state index contributed by atoms with van der Waals surface area (Å²) in [5, 5.41) is 0. The summed E-state index contributed by atoms with van der Waals surface area (Å²) in [5.74, 6) is -1.14. The number of halogens is 2. The SMILES string of the molecule is COc1cc(F)c(F)cc1CS. The molecule has 0 N–H and O–H groups in total. The molecule has 0 aliphatic carbocycles. The van der Waals surface area contributed by atoms with Crippen molar-refractivity contribution in [3.05, 3.63) is 29.3 Å². The number of thiol groups is 1. The van der Waals surface area contributed by atoms with Crippen molar-refractivity contribution in [1.82, 2.24) is 0 Å². The predicted molar refractivity (Wildman–Crippen MR) is 45.6 cm³/mol. The van der Waals surface area contributed by atoms with Crippen molar-refractivity contribution >= 4 is 12.6 Å². The van der Waals surface area contributed by atoms with Crippen LogP contribution >= 0.6 is 12.6 Å². The van der Waals surface area contributed by atoms with Gasteiger partial charge in [-0.1, -0.05) is 0 Å². The molecule has 0 heterocycles. The van der Waals surface area contributed by atoms with Gasteiger partial charge in [0.05, 0.1) is 7.11 Å². The Morgan fingerprint density at radius 2 is 1.92 bits per heavy atom. The van der Waals surface area contributed by atoms with Crippen molar-refractivity contribution < 1.29 is 13.5 Å². The van der Waals surface area contributed by atoms with Crippen LogP contribution < -0.4 is 4.74 Å². The molecule has 0 unspecified atom stereocenters. The van der Waals surface area contributed by atoms with Gasteiger partial charge in [-0.15, -0.1) is 0 Å². The Bertz CT molecular complexity index is 260. The summed E-state index contributed by atoms with van der Waals surface area (Å²) in [7, 11) is 1.40. The van der Waals surface area contributed by atoms with Gasteiger partial charge in [0.25, 0.3) is 0 Å². The lowest BCUT2D eigenvalue weighted by molar-refractivity contribution is 0.402. The highest BCUT2D eigenvalue weighted by Crippen LogP contribution is 2.23. The molecule has 66 valence electrons. The minimum Gasteiger partial charge on any atom is -0.496 e. The second-order valence-electron chi connectivity index (χ2n) is 2.24. The monoisotopic (exact) mass is 190 g/mol. The highest BCUT2D eigenvalue weighted by atomic mass is 32.1. The fourth-order valence-corrected chi connectivity index (χ4v) is 1.13. The van der Waals surface area contributed by atoms with E-state index in [0.717, 1.165) is 12.1 Å². The van der Waals surface area contributed by atoms with Crippen LogP contribution in [0, 0.1) is 11.6 Å². The number of hydrogen-bond donors (Lipinski definition) is 1. The molecule has 0 atom stereocenters. The molecule has 0 saturated carbocycles. The highest BCUT2D eigenvalue weighted by Gasteiger charge is 2.08. The third kappa shape index (κ3) is 1.69. The third-order valence-corrected chi connectivity index (χ3v) is 1.83. The fourth-order valence-electron chi connectivity index (χ4n) is 0.883. The number of methoxy groups -OCH3 is 1. The zero-order valence-corrected chi connectivity index (χ0v) is 7.37. The van der Waals surface area contributed by atoms with E-state index in [1.54, 1.807) is 0 Å². The van der Waals surface area contributed by atoms with E-state index in [0.29, 0.717) is 17.1 Å². The molecule has 0 radical (unpaired) electrons. The lowest BCUT2D eigenvalue weighted by Gasteiger charge is -2.05. The van der Waals surface area contributed by atoms with Crippen molar-refractivity contribution in [3.63, 3.8) is 0 Å². The highest BCUT2D eigenvalue weighted by molar-refractivity contribution is 7.79. The molecule has 1 nitrogen and oxygen atoms in total. The Labute approximate surface area is 74.8 Å². The van der Waals surface area contributed by atoms with Crippen LogP contribution in [0.25, 0.3) is 0 Å². The molecule has 1 aromatic carbocycles. The molecule has 0 aliphatic heterocycles. The Morgan fingerprint density at radius 1 is 1.33 bits per heavy atom. The topological polar surface area (TPSA) is 9.23 Å². The van der Waals surface area contributed by atoms with Gasteiger partial charge >= 0.3 is 0 Å². The molecule has 0 amide bonds. The first-order chi connectivity index (χ1) is 5.69. The Kier molecular flexibility index (Phi) is 2.92. The number of ether oxygens (including phenoxy) is 1. The van der Waals surface area contributed by atoms with E-state index in [9.17, 15) is 8.78 Å². The Morgan fingerprint density at radius 3 is 2.42 bits per heavy atom. The first-order valence-electron chi connectivity index (χ1n) is 3.31. The molecule has 0 fully saturated rings. The first-order valence-corrected chi connectivity index (χ1v) is 3.95. The molecular weight excluding hydrogens is 182 g/mol. The van der Waals surface area contributed by atoms with Gasteiger partial charge in [0.2, 0.25) is 0 Å². The van der Waals surface area contributed by atoms with Crippen LogP contribution in [-0.2, 0) is 5.75 Å². The molecule has 0 bridgehead atoms. The average molecular weight is 190 g/mol. The van der Waals surface area contributed by atoms with Gasteiger partial charge in [-0.2, -0.15) is 12.6 Å². The summed E-state index contributed by atoms with van der Waals surface area (Å²) < 4.78 is 30.0. The number of benzene rings is 1. The van der Waals surface area contributed by atoms with Gasteiger partial charge in [-0.25, -0.2) is 8.78 Å². The van der Waals surface area contributed by atoms with Crippen molar-refractivity contribution in [2.45, 2.75) is 5.75 Å². The van der Waals surface area contributed by atoms with Crippen LogP contribution in [0.4, 0.5) is 8.78 Å². The summed E-state index contributed by atoms with van der Waals surface area (Å²) in [4.78, 5) is 0. The molecule has 1 rings (SSSR count). The van der Waals surface area contributed by atoms with E-state index in [1.807, 2.05) is 0 Å². The van der Waals surface area contributed by atoms with Gasteiger partial charge in [-0.3, -0.25) is 0 Å². The van der Waals surface area contributed by atoms with Gasteiger partial charge < -0.3 is 4.74 Å². The molecule has 0 saturated heterocycles. The van der Waals surface area contributed by atoms with E-state index >= 15 is 0 Å². The second-order valence-corrected chi connectivity index (χ2v) is 2.55. The molecule has 12 heavy (non-hydrogen) atoms. The Hall–Kier alpha value is -0.770. The minimum absolute atomic E-state index is 0.320. The lowest BCUT2D eigenvalue weighted by atomic mass is 10.2. The maximum Gasteiger partial charge on any atom is 0.162 e. The van der Waals surface area contributed by atoms with Crippen LogP contribution in [-0.4, -0.2) is 7.11 Å². The average Bonchev–Trinajstić information content (AvgIpc) is 2.09. The standard InChI is InChI=1S/C8H8F2OS/c1-11-8-3-7(10)6(9)2-5(8)4-12/h2-3,12H,4H2,1H3. The van der Waals surface area contributed by atoms with Crippen molar-refractivity contribution in [1.29, 1.82) is 0 Å². The van der Waals surface area contributed by atoms with Gasteiger partial charge in [0, 0.05) is 17.4 Å². The maximum absolute atomic E-state index is 12.6. The fraction of sp³-hybridized carbons (Fsp3) is 0.250. The summed E-state index contributed by atoms with van der Waals surface area (Å²) in [6, 6.07) is 2.10. The van der Waals surface area contributed by atoms with E-state index < -0.39 is 11.6 Å². The van der Waals surface area contributed by atoms with E-state index in [2.05, 4.69) is 12.6 Å². The third-order valence-electron chi connectivity index (χ3n) is 1.49. The summed E-state index contributed by atoms with van der Waals surface area (Å²) in [5.41, 5.74) is 0.541. The summed E-state index contributed by atoms with van der Waals surface area (Å²) in [6.07, 6.45) is 0. The number of hydrogen-bond acceptors (Lipinski definition) is 2. The summed E-state index contributed by atoms with van der Waals surface area (Å²) >= 11 is 3.95. The predicted octanol–water partition coefficient (Wildman–Crippen LogP) is 2.40. The van der Waals surface area contributed by atoms with Gasteiger partial charge in [0.15, 0.2) is 11.6 Å². The van der Waals surface area contributed by atoms with Gasteiger partial charge in [0.1, 0.15) is 5.75 Å². The molecular formula is C8H8F2OS. The van der Waals surface area contributed by atoms with Crippen LogP contribution in [0.3, 0.4) is 0 Å². The van der Waals surface area contributed by atoms with Crippen molar-refractivity contribution in [3.8, 4) is 5.75 Å². The summed E-state index contributed by atoms with van der Waals surface area (Å²) in [6.45, 7) is 0. The normalized spacial score (nSPS) is 10.0. The molecule has 0 aromatic heterocycles. The molecule has 0 aliphatic rings. The smallest absolute Gasteiger partial charge is 0.162 e. The molecule has 1 aromatic rings. The Balaban J connectivity index is 3.19. The second kappa shape index (κ2) is 3.76. The van der Waals surface area contributed by atoms with Crippen molar-refractivity contribution in [2.75, 3.05) is 7.11 Å². The van der Waals surface area contributed by atoms with E-state index in [-0.39, 0.29) is 0 Å². The lowest BCUT2D eigenvalue weighted by Crippen LogP contribution is -1.93.